The zero-order valence-corrected chi connectivity index (χ0v) is 13.9. The first-order valence-corrected chi connectivity index (χ1v) is 7.46. The van der Waals surface area contributed by atoms with Crippen molar-refractivity contribution in [2.45, 2.75) is 45.8 Å². The molecule has 0 spiro atoms. The van der Waals surface area contributed by atoms with E-state index in [2.05, 4.69) is 33.0 Å². The molecule has 4 heteroatoms. The molecule has 0 aliphatic carbocycles. The summed E-state index contributed by atoms with van der Waals surface area (Å²) >= 11 is 6.08. The highest BCUT2D eigenvalue weighted by molar-refractivity contribution is 6.32. The summed E-state index contributed by atoms with van der Waals surface area (Å²) in [5.74, 6) is 0.697. The van der Waals surface area contributed by atoms with Gasteiger partial charge in [-0.3, -0.25) is 0 Å². The molecule has 1 N–H and O–H groups in total. The van der Waals surface area contributed by atoms with Crippen LogP contribution in [0.1, 0.15) is 45.7 Å². The van der Waals surface area contributed by atoms with E-state index in [1.165, 1.54) is 0 Å². The summed E-state index contributed by atoms with van der Waals surface area (Å²) in [5, 5.41) is 4.13. The van der Waals surface area contributed by atoms with Gasteiger partial charge in [0.05, 0.1) is 30.4 Å². The molecule has 0 saturated carbocycles. The molecule has 0 amide bonds. The summed E-state index contributed by atoms with van der Waals surface area (Å²) in [5.41, 5.74) is 0.979. The van der Waals surface area contributed by atoms with Crippen LogP contribution in [-0.4, -0.2) is 25.9 Å². The minimum absolute atomic E-state index is 0.139. The SMILES string of the molecule is CCCNC(COC(C)(C)C)c1ccc(Cl)c(OC)c1. The molecule has 0 fully saturated rings. The van der Waals surface area contributed by atoms with Gasteiger partial charge in [0.2, 0.25) is 0 Å². The Bertz CT molecular complexity index is 415. The maximum atomic E-state index is 6.08. The van der Waals surface area contributed by atoms with Gasteiger partial charge in [0, 0.05) is 0 Å². The quantitative estimate of drug-likeness (QED) is 0.818. The fourth-order valence-corrected chi connectivity index (χ4v) is 2.01. The second-order valence-electron chi connectivity index (χ2n) is 5.82. The van der Waals surface area contributed by atoms with Crippen molar-refractivity contribution < 1.29 is 9.47 Å². The van der Waals surface area contributed by atoms with E-state index in [1.54, 1.807) is 7.11 Å². The van der Waals surface area contributed by atoms with Crippen molar-refractivity contribution in [3.63, 3.8) is 0 Å². The summed E-state index contributed by atoms with van der Waals surface area (Å²) in [6.45, 7) is 9.90. The van der Waals surface area contributed by atoms with Crippen LogP contribution in [0.2, 0.25) is 5.02 Å². The van der Waals surface area contributed by atoms with Crippen molar-refractivity contribution in [3.8, 4) is 5.75 Å². The topological polar surface area (TPSA) is 30.5 Å². The van der Waals surface area contributed by atoms with Gasteiger partial charge in [-0.15, -0.1) is 0 Å². The molecule has 0 aromatic heterocycles. The Balaban J connectivity index is 2.86. The first-order chi connectivity index (χ1) is 9.37. The van der Waals surface area contributed by atoms with Gasteiger partial charge in [-0.25, -0.2) is 0 Å². The predicted molar refractivity (Wildman–Crippen MR) is 84.7 cm³/mol. The maximum absolute atomic E-state index is 6.08. The van der Waals surface area contributed by atoms with Crippen LogP contribution >= 0.6 is 11.6 Å². The first-order valence-electron chi connectivity index (χ1n) is 7.08. The highest BCUT2D eigenvalue weighted by atomic mass is 35.5. The lowest BCUT2D eigenvalue weighted by Gasteiger charge is -2.26. The van der Waals surface area contributed by atoms with Gasteiger partial charge in [-0.05, 0) is 51.4 Å². The van der Waals surface area contributed by atoms with Gasteiger partial charge in [-0.1, -0.05) is 24.6 Å². The number of ether oxygens (including phenoxy) is 2. The van der Waals surface area contributed by atoms with E-state index in [4.69, 9.17) is 21.1 Å². The Labute approximate surface area is 127 Å². The van der Waals surface area contributed by atoms with Crippen LogP contribution < -0.4 is 10.1 Å². The number of methoxy groups -OCH3 is 1. The lowest BCUT2D eigenvalue weighted by Crippen LogP contribution is -2.30. The van der Waals surface area contributed by atoms with Gasteiger partial charge in [0.1, 0.15) is 5.75 Å². The predicted octanol–water partition coefficient (Wildman–Crippen LogP) is 4.20. The monoisotopic (exact) mass is 299 g/mol. The van der Waals surface area contributed by atoms with Crippen molar-refractivity contribution in [2.24, 2.45) is 0 Å². The van der Waals surface area contributed by atoms with Crippen molar-refractivity contribution in [2.75, 3.05) is 20.3 Å². The number of hydrogen-bond donors (Lipinski definition) is 1. The van der Waals surface area contributed by atoms with Gasteiger partial charge in [0.15, 0.2) is 0 Å². The van der Waals surface area contributed by atoms with Crippen LogP contribution in [0.25, 0.3) is 0 Å². The van der Waals surface area contributed by atoms with Crippen LogP contribution in [0.15, 0.2) is 18.2 Å². The Morgan fingerprint density at radius 3 is 2.55 bits per heavy atom. The maximum Gasteiger partial charge on any atom is 0.137 e. The third-order valence-corrected chi connectivity index (χ3v) is 3.21. The Morgan fingerprint density at radius 1 is 1.30 bits per heavy atom. The normalized spacial score (nSPS) is 13.3. The highest BCUT2D eigenvalue weighted by Gasteiger charge is 2.17. The largest absolute Gasteiger partial charge is 0.495 e. The molecule has 1 aromatic rings. The second-order valence-corrected chi connectivity index (χ2v) is 6.23. The molecular weight excluding hydrogens is 274 g/mol. The summed E-state index contributed by atoms with van der Waals surface area (Å²) in [6.07, 6.45) is 1.08. The first kappa shape index (κ1) is 17.3. The molecule has 0 aliphatic heterocycles. The fraction of sp³-hybridized carbons (Fsp3) is 0.625. The number of nitrogens with one attached hydrogen (secondary N) is 1. The van der Waals surface area contributed by atoms with E-state index < -0.39 is 0 Å². The zero-order valence-electron chi connectivity index (χ0n) is 13.1. The van der Waals surface area contributed by atoms with Gasteiger partial charge in [0.25, 0.3) is 0 Å². The Hall–Kier alpha value is -0.770. The van der Waals surface area contributed by atoms with Crippen LogP contribution in [0.5, 0.6) is 5.75 Å². The average Bonchev–Trinajstić information content (AvgIpc) is 2.39. The van der Waals surface area contributed by atoms with Crippen LogP contribution in [0.3, 0.4) is 0 Å². The summed E-state index contributed by atoms with van der Waals surface area (Å²) in [7, 11) is 1.63. The van der Waals surface area contributed by atoms with Crippen molar-refractivity contribution >= 4 is 11.6 Å². The molecule has 114 valence electrons. The molecule has 1 rings (SSSR count). The summed E-state index contributed by atoms with van der Waals surface area (Å²) < 4.78 is 11.2. The molecule has 0 radical (unpaired) electrons. The smallest absolute Gasteiger partial charge is 0.137 e. The van der Waals surface area contributed by atoms with Crippen LogP contribution in [-0.2, 0) is 4.74 Å². The third-order valence-electron chi connectivity index (χ3n) is 2.90. The number of hydrogen-bond acceptors (Lipinski definition) is 3. The molecule has 0 bridgehead atoms. The lowest BCUT2D eigenvalue weighted by molar-refractivity contribution is -0.0147. The van der Waals surface area contributed by atoms with E-state index in [1.807, 2.05) is 18.2 Å². The Morgan fingerprint density at radius 2 is 2.00 bits per heavy atom. The molecular formula is C16H26ClNO2. The summed E-state index contributed by atoms with van der Waals surface area (Å²) in [4.78, 5) is 0. The molecule has 0 aliphatic rings. The molecule has 0 saturated heterocycles. The van der Waals surface area contributed by atoms with E-state index in [-0.39, 0.29) is 11.6 Å². The minimum atomic E-state index is -0.150. The molecule has 1 unspecified atom stereocenters. The number of rotatable bonds is 7. The summed E-state index contributed by atoms with van der Waals surface area (Å²) in [6, 6.07) is 6.00. The van der Waals surface area contributed by atoms with Gasteiger partial charge in [-0.2, -0.15) is 0 Å². The van der Waals surface area contributed by atoms with Gasteiger partial charge < -0.3 is 14.8 Å². The van der Waals surface area contributed by atoms with E-state index in [9.17, 15) is 0 Å². The van der Waals surface area contributed by atoms with E-state index in [0.29, 0.717) is 17.4 Å². The third kappa shape index (κ3) is 5.70. The van der Waals surface area contributed by atoms with Crippen molar-refractivity contribution in [1.82, 2.24) is 5.32 Å². The molecule has 1 atom stereocenters. The molecule has 1 aromatic carbocycles. The van der Waals surface area contributed by atoms with Gasteiger partial charge >= 0.3 is 0 Å². The highest BCUT2D eigenvalue weighted by Crippen LogP contribution is 2.28. The van der Waals surface area contributed by atoms with Crippen molar-refractivity contribution in [3.05, 3.63) is 28.8 Å². The Kier molecular flexibility index (Phi) is 6.80. The van der Waals surface area contributed by atoms with E-state index >= 15 is 0 Å². The number of benzene rings is 1. The van der Waals surface area contributed by atoms with Crippen LogP contribution in [0.4, 0.5) is 0 Å². The van der Waals surface area contributed by atoms with E-state index in [0.717, 1.165) is 18.5 Å². The second kappa shape index (κ2) is 7.87. The molecule has 0 heterocycles. The molecule has 3 nitrogen and oxygen atoms in total. The van der Waals surface area contributed by atoms with Crippen molar-refractivity contribution in [1.29, 1.82) is 0 Å². The average molecular weight is 300 g/mol. The number of halogens is 1. The minimum Gasteiger partial charge on any atom is -0.495 e. The molecule has 20 heavy (non-hydrogen) atoms. The van der Waals surface area contributed by atoms with Crippen LogP contribution in [0, 0.1) is 0 Å². The fourth-order valence-electron chi connectivity index (χ4n) is 1.82. The lowest BCUT2D eigenvalue weighted by atomic mass is 10.1. The zero-order chi connectivity index (χ0) is 15.2. The standard InChI is InChI=1S/C16H26ClNO2/c1-6-9-18-14(11-20-16(2,3)4)12-7-8-13(17)15(10-12)19-5/h7-8,10,14,18H,6,9,11H2,1-5H3.